The molecule has 0 atom stereocenters. The van der Waals surface area contributed by atoms with Gasteiger partial charge in [0.2, 0.25) is 0 Å². The Morgan fingerprint density at radius 3 is 1.94 bits per heavy atom. The number of rotatable bonds is 8. The van der Waals surface area contributed by atoms with Crippen molar-refractivity contribution >= 4 is 24.4 Å². The monoisotopic (exact) mass is 241 g/mol. The van der Waals surface area contributed by atoms with Crippen LogP contribution in [-0.4, -0.2) is 29.0 Å². The zero-order chi connectivity index (χ0) is 11.8. The average molecular weight is 241 g/mol. The van der Waals surface area contributed by atoms with Gasteiger partial charge in [0.15, 0.2) is 0 Å². The van der Waals surface area contributed by atoms with Gasteiger partial charge >= 0.3 is 0 Å². The van der Waals surface area contributed by atoms with Crippen molar-refractivity contribution in [3.63, 3.8) is 0 Å². The normalized spacial score (nSPS) is 15.2. The maximum absolute atomic E-state index is 11.2. The first-order chi connectivity index (χ1) is 7.75. The maximum Gasteiger partial charge on any atom is 0.253 e. The quantitative estimate of drug-likeness (QED) is 0.402. The SMILES string of the molecule is O=C1C=CC(=O)N1CCCCCCCCS. The zero-order valence-corrected chi connectivity index (χ0v) is 10.4. The van der Waals surface area contributed by atoms with Crippen molar-refractivity contribution in [2.45, 2.75) is 38.5 Å². The predicted molar refractivity (Wildman–Crippen MR) is 67.4 cm³/mol. The van der Waals surface area contributed by atoms with Crippen LogP contribution in [0.2, 0.25) is 0 Å². The summed E-state index contributed by atoms with van der Waals surface area (Å²) in [7, 11) is 0. The lowest BCUT2D eigenvalue weighted by atomic mass is 10.1. The van der Waals surface area contributed by atoms with E-state index in [9.17, 15) is 9.59 Å². The second kappa shape index (κ2) is 7.49. The summed E-state index contributed by atoms with van der Waals surface area (Å²) in [5, 5.41) is 0. The van der Waals surface area contributed by atoms with Crippen LogP contribution in [0.5, 0.6) is 0 Å². The summed E-state index contributed by atoms with van der Waals surface area (Å²) in [4.78, 5) is 23.7. The van der Waals surface area contributed by atoms with E-state index in [1.165, 1.54) is 42.7 Å². The summed E-state index contributed by atoms with van der Waals surface area (Å²) in [5.41, 5.74) is 0. The standard InChI is InChI=1S/C12H19NO2S/c14-11-7-8-12(15)13(11)9-5-3-1-2-4-6-10-16/h7-8,16H,1-6,9-10H2. The van der Waals surface area contributed by atoms with Gasteiger partial charge in [0.1, 0.15) is 0 Å². The van der Waals surface area contributed by atoms with Gasteiger partial charge in [0.05, 0.1) is 0 Å². The van der Waals surface area contributed by atoms with E-state index in [1.807, 2.05) is 0 Å². The minimum atomic E-state index is -0.167. The molecule has 0 radical (unpaired) electrons. The van der Waals surface area contributed by atoms with Gasteiger partial charge in [0.25, 0.3) is 11.8 Å². The highest BCUT2D eigenvalue weighted by atomic mass is 32.1. The third kappa shape index (κ3) is 4.39. The summed E-state index contributed by atoms with van der Waals surface area (Å²) in [6, 6.07) is 0. The molecule has 0 N–H and O–H groups in total. The summed E-state index contributed by atoms with van der Waals surface area (Å²) < 4.78 is 0. The predicted octanol–water partition coefficient (Wildman–Crippen LogP) is 2.18. The first-order valence-corrected chi connectivity index (χ1v) is 6.53. The van der Waals surface area contributed by atoms with Gasteiger partial charge in [-0.25, -0.2) is 0 Å². The zero-order valence-electron chi connectivity index (χ0n) is 9.52. The topological polar surface area (TPSA) is 37.4 Å². The van der Waals surface area contributed by atoms with Crippen LogP contribution in [0, 0.1) is 0 Å². The fraction of sp³-hybridized carbons (Fsp3) is 0.667. The van der Waals surface area contributed by atoms with Crippen molar-refractivity contribution in [3.05, 3.63) is 12.2 Å². The van der Waals surface area contributed by atoms with Crippen molar-refractivity contribution < 1.29 is 9.59 Å². The Morgan fingerprint density at radius 1 is 0.875 bits per heavy atom. The number of hydrogen-bond donors (Lipinski definition) is 1. The Hall–Kier alpha value is -0.770. The fourth-order valence-electron chi connectivity index (χ4n) is 1.74. The molecule has 90 valence electrons. The number of carbonyl (C=O) groups excluding carboxylic acids is 2. The lowest BCUT2D eigenvalue weighted by molar-refractivity contribution is -0.136. The van der Waals surface area contributed by atoms with E-state index in [1.54, 1.807) is 0 Å². The van der Waals surface area contributed by atoms with Gasteiger partial charge in [-0.3, -0.25) is 14.5 Å². The molecular weight excluding hydrogens is 222 g/mol. The fourth-order valence-corrected chi connectivity index (χ4v) is 1.96. The van der Waals surface area contributed by atoms with Crippen LogP contribution < -0.4 is 0 Å². The number of hydrogen-bond acceptors (Lipinski definition) is 3. The molecule has 0 saturated heterocycles. The van der Waals surface area contributed by atoms with Crippen LogP contribution in [0.3, 0.4) is 0 Å². The van der Waals surface area contributed by atoms with Crippen molar-refractivity contribution in [2.75, 3.05) is 12.3 Å². The Labute approximate surface area is 102 Å². The number of imide groups is 1. The molecule has 1 aliphatic heterocycles. The van der Waals surface area contributed by atoms with Gasteiger partial charge in [-0.15, -0.1) is 0 Å². The molecule has 1 heterocycles. The molecule has 1 rings (SSSR count). The largest absolute Gasteiger partial charge is 0.275 e. The number of nitrogens with zero attached hydrogens (tertiary/aromatic N) is 1. The minimum absolute atomic E-state index is 0.167. The van der Waals surface area contributed by atoms with Crippen LogP contribution in [0.25, 0.3) is 0 Å². The second-order valence-electron chi connectivity index (χ2n) is 4.01. The number of carbonyl (C=O) groups is 2. The van der Waals surface area contributed by atoms with Gasteiger partial charge < -0.3 is 0 Å². The van der Waals surface area contributed by atoms with Crippen molar-refractivity contribution in [3.8, 4) is 0 Å². The van der Waals surface area contributed by atoms with Crippen molar-refractivity contribution in [2.24, 2.45) is 0 Å². The molecular formula is C12H19NO2S. The molecule has 1 aliphatic rings. The van der Waals surface area contributed by atoms with Gasteiger partial charge in [-0.2, -0.15) is 12.6 Å². The van der Waals surface area contributed by atoms with Crippen LogP contribution in [0.1, 0.15) is 38.5 Å². The first kappa shape index (κ1) is 13.3. The molecule has 0 spiro atoms. The number of amides is 2. The molecule has 0 aromatic carbocycles. The molecule has 0 unspecified atom stereocenters. The van der Waals surface area contributed by atoms with Crippen LogP contribution in [0.15, 0.2) is 12.2 Å². The lowest BCUT2D eigenvalue weighted by Gasteiger charge is -2.12. The smallest absolute Gasteiger partial charge is 0.253 e. The van der Waals surface area contributed by atoms with Crippen LogP contribution in [-0.2, 0) is 9.59 Å². The Kier molecular flexibility index (Phi) is 6.23. The van der Waals surface area contributed by atoms with Crippen molar-refractivity contribution in [1.29, 1.82) is 0 Å². The van der Waals surface area contributed by atoms with Crippen LogP contribution >= 0.6 is 12.6 Å². The first-order valence-electron chi connectivity index (χ1n) is 5.90. The Bertz CT molecular complexity index is 258. The molecule has 3 nitrogen and oxygen atoms in total. The molecule has 0 saturated carbocycles. The highest BCUT2D eigenvalue weighted by molar-refractivity contribution is 7.80. The molecule has 16 heavy (non-hydrogen) atoms. The minimum Gasteiger partial charge on any atom is -0.275 e. The van der Waals surface area contributed by atoms with Gasteiger partial charge in [-0.1, -0.05) is 25.7 Å². The Morgan fingerprint density at radius 2 is 1.38 bits per heavy atom. The highest BCUT2D eigenvalue weighted by Crippen LogP contribution is 2.09. The molecule has 4 heteroatoms. The van der Waals surface area contributed by atoms with Gasteiger partial charge in [0, 0.05) is 18.7 Å². The summed E-state index contributed by atoms with van der Waals surface area (Å²) in [5.74, 6) is 0.628. The van der Waals surface area contributed by atoms with E-state index < -0.39 is 0 Å². The summed E-state index contributed by atoms with van der Waals surface area (Å²) >= 11 is 4.15. The molecule has 0 fully saturated rings. The molecule has 2 amide bonds. The number of thiol groups is 1. The van der Waals surface area contributed by atoms with E-state index in [2.05, 4.69) is 12.6 Å². The van der Waals surface area contributed by atoms with E-state index >= 15 is 0 Å². The van der Waals surface area contributed by atoms with Gasteiger partial charge in [-0.05, 0) is 18.6 Å². The van der Waals surface area contributed by atoms with Crippen LogP contribution in [0.4, 0.5) is 0 Å². The third-order valence-corrected chi connectivity index (χ3v) is 3.01. The second-order valence-corrected chi connectivity index (χ2v) is 4.45. The van der Waals surface area contributed by atoms with Crippen molar-refractivity contribution in [1.82, 2.24) is 4.90 Å². The lowest BCUT2D eigenvalue weighted by Crippen LogP contribution is -2.30. The van der Waals surface area contributed by atoms with E-state index in [0.29, 0.717) is 6.54 Å². The third-order valence-electron chi connectivity index (χ3n) is 2.69. The number of unbranched alkanes of at least 4 members (excludes halogenated alkanes) is 5. The maximum atomic E-state index is 11.2. The molecule has 0 aromatic heterocycles. The highest BCUT2D eigenvalue weighted by Gasteiger charge is 2.21. The molecule has 0 aliphatic carbocycles. The van der Waals surface area contributed by atoms with E-state index in [0.717, 1.165) is 18.6 Å². The molecule has 0 aromatic rings. The van der Waals surface area contributed by atoms with E-state index in [-0.39, 0.29) is 11.8 Å². The summed E-state index contributed by atoms with van der Waals surface area (Å²) in [6.45, 7) is 0.567. The average Bonchev–Trinajstić information content (AvgIpc) is 2.59. The molecule has 0 bridgehead atoms. The summed E-state index contributed by atoms with van der Waals surface area (Å²) in [6.07, 6.45) is 9.49. The van der Waals surface area contributed by atoms with E-state index in [4.69, 9.17) is 0 Å². The Balaban J connectivity index is 1.99.